The van der Waals surface area contributed by atoms with E-state index in [1.54, 1.807) is 0 Å². The van der Waals surface area contributed by atoms with Gasteiger partial charge in [-0.3, -0.25) is 4.90 Å². The number of hydrogen-bond donors (Lipinski definition) is 0. The van der Waals surface area contributed by atoms with Gasteiger partial charge in [-0.05, 0) is 13.8 Å². The minimum absolute atomic E-state index is 0.0713. The van der Waals surface area contributed by atoms with Crippen molar-refractivity contribution in [2.75, 3.05) is 19.8 Å². The summed E-state index contributed by atoms with van der Waals surface area (Å²) in [7, 11) is 0. The fourth-order valence-electron chi connectivity index (χ4n) is 1.76. The molecule has 0 unspecified atom stereocenters. The van der Waals surface area contributed by atoms with Gasteiger partial charge in [-0.1, -0.05) is 0 Å². The first kappa shape index (κ1) is 10.9. The second-order valence-corrected chi connectivity index (χ2v) is 3.69. The van der Waals surface area contributed by atoms with Crippen molar-refractivity contribution in [1.82, 2.24) is 4.90 Å². The predicted molar refractivity (Wildman–Crippen MR) is 47.1 cm³/mol. The van der Waals surface area contributed by atoms with E-state index in [0.717, 1.165) is 6.54 Å². The molecule has 0 radical (unpaired) electrons. The lowest BCUT2D eigenvalue weighted by Gasteiger charge is -2.38. The first-order valence-electron chi connectivity index (χ1n) is 4.73. The first-order chi connectivity index (χ1) is 6.11. The molecule has 78 valence electrons. The molecule has 0 aromatic carbocycles. The normalized spacial score (nSPS) is 25.8. The van der Waals surface area contributed by atoms with Crippen LogP contribution in [0.25, 0.3) is 0 Å². The van der Waals surface area contributed by atoms with Gasteiger partial charge >= 0.3 is 0 Å². The average Bonchev–Trinajstić information content (AvgIpc) is 2.03. The maximum absolute atomic E-state index is 12.2. The van der Waals surface area contributed by atoms with Crippen LogP contribution in [0.5, 0.6) is 0 Å². The monoisotopic (exact) mass is 193 g/mol. The van der Waals surface area contributed by atoms with Gasteiger partial charge in [0.15, 0.2) is 0 Å². The lowest BCUT2D eigenvalue weighted by Crippen LogP contribution is -2.49. The third kappa shape index (κ3) is 3.19. The Kier molecular flexibility index (Phi) is 4.06. The summed E-state index contributed by atoms with van der Waals surface area (Å²) in [4.78, 5) is 2.09. The molecule has 1 rings (SSSR count). The number of alkyl halides is 2. The zero-order valence-electron chi connectivity index (χ0n) is 8.17. The molecule has 0 saturated carbocycles. The Morgan fingerprint density at radius 3 is 2.69 bits per heavy atom. The molecule has 1 aliphatic heterocycles. The molecular weight excluding hydrogens is 176 g/mol. The molecule has 0 bridgehead atoms. The van der Waals surface area contributed by atoms with Gasteiger partial charge in [0, 0.05) is 25.0 Å². The maximum Gasteiger partial charge on any atom is 0.240 e. The number of morpholine rings is 1. The van der Waals surface area contributed by atoms with Crippen molar-refractivity contribution >= 4 is 0 Å². The summed E-state index contributed by atoms with van der Waals surface area (Å²) < 4.78 is 29.5. The van der Waals surface area contributed by atoms with E-state index < -0.39 is 6.43 Å². The van der Waals surface area contributed by atoms with Crippen LogP contribution in [0.2, 0.25) is 0 Å². The summed E-state index contributed by atoms with van der Waals surface area (Å²) >= 11 is 0. The second kappa shape index (κ2) is 4.86. The molecule has 0 spiro atoms. The first-order valence-corrected chi connectivity index (χ1v) is 4.73. The van der Waals surface area contributed by atoms with Gasteiger partial charge in [-0.2, -0.15) is 0 Å². The third-order valence-electron chi connectivity index (χ3n) is 2.39. The van der Waals surface area contributed by atoms with Crippen LogP contribution in [0, 0.1) is 0 Å². The van der Waals surface area contributed by atoms with Crippen molar-refractivity contribution in [3.63, 3.8) is 0 Å². The van der Waals surface area contributed by atoms with Crippen molar-refractivity contribution in [3.05, 3.63) is 0 Å². The number of ether oxygens (including phenoxy) is 1. The molecule has 1 heterocycles. The molecule has 13 heavy (non-hydrogen) atoms. The van der Waals surface area contributed by atoms with Crippen molar-refractivity contribution in [3.8, 4) is 0 Å². The van der Waals surface area contributed by atoms with Crippen LogP contribution in [0.15, 0.2) is 0 Å². The predicted octanol–water partition coefficient (Wildman–Crippen LogP) is 1.75. The van der Waals surface area contributed by atoms with Crippen molar-refractivity contribution < 1.29 is 13.5 Å². The minimum Gasteiger partial charge on any atom is -0.378 e. The van der Waals surface area contributed by atoms with E-state index in [4.69, 9.17) is 4.74 Å². The van der Waals surface area contributed by atoms with E-state index in [0.29, 0.717) is 19.3 Å². The molecule has 1 fully saturated rings. The van der Waals surface area contributed by atoms with Gasteiger partial charge in [0.25, 0.3) is 0 Å². The van der Waals surface area contributed by atoms with Crippen molar-refractivity contribution in [1.29, 1.82) is 0 Å². The van der Waals surface area contributed by atoms with Gasteiger partial charge in [0.05, 0.1) is 13.2 Å². The van der Waals surface area contributed by atoms with Crippen LogP contribution in [-0.2, 0) is 4.74 Å². The summed E-state index contributed by atoms with van der Waals surface area (Å²) in [6.45, 7) is 5.95. The minimum atomic E-state index is -2.23. The molecule has 0 N–H and O–H groups in total. The molecule has 2 nitrogen and oxygen atoms in total. The quantitative estimate of drug-likeness (QED) is 0.677. The van der Waals surface area contributed by atoms with E-state index in [1.165, 1.54) is 0 Å². The fourth-order valence-corrected chi connectivity index (χ4v) is 1.76. The van der Waals surface area contributed by atoms with Gasteiger partial charge in [-0.15, -0.1) is 0 Å². The molecule has 0 aromatic rings. The van der Waals surface area contributed by atoms with E-state index in [2.05, 4.69) is 4.90 Å². The summed E-state index contributed by atoms with van der Waals surface area (Å²) in [6.07, 6.45) is -2.30. The summed E-state index contributed by atoms with van der Waals surface area (Å²) in [5.74, 6) is 0. The summed E-state index contributed by atoms with van der Waals surface area (Å²) in [6, 6.07) is 0.224. The highest BCUT2D eigenvalue weighted by molar-refractivity contribution is 4.78. The highest BCUT2D eigenvalue weighted by atomic mass is 19.3. The zero-order valence-corrected chi connectivity index (χ0v) is 8.17. The van der Waals surface area contributed by atoms with Crippen LogP contribution < -0.4 is 0 Å². The molecule has 0 amide bonds. The van der Waals surface area contributed by atoms with Gasteiger partial charge in [0.2, 0.25) is 6.43 Å². The number of rotatable bonds is 3. The number of nitrogens with zero attached hydrogens (tertiary/aromatic N) is 1. The Labute approximate surface area is 77.9 Å². The lowest BCUT2D eigenvalue weighted by molar-refractivity contribution is -0.0436. The van der Waals surface area contributed by atoms with Crippen molar-refractivity contribution in [2.24, 2.45) is 0 Å². The molecule has 4 heteroatoms. The molecule has 1 aliphatic rings. The van der Waals surface area contributed by atoms with E-state index >= 15 is 0 Å². The Balaban J connectivity index is 2.46. The van der Waals surface area contributed by atoms with E-state index in [-0.39, 0.29) is 12.5 Å². The van der Waals surface area contributed by atoms with Gasteiger partial charge < -0.3 is 4.74 Å². The van der Waals surface area contributed by atoms with Gasteiger partial charge in [-0.25, -0.2) is 8.78 Å². The molecule has 1 atom stereocenters. The third-order valence-corrected chi connectivity index (χ3v) is 2.39. The lowest BCUT2D eigenvalue weighted by atomic mass is 10.1. The Morgan fingerprint density at radius 2 is 2.15 bits per heavy atom. The van der Waals surface area contributed by atoms with Crippen LogP contribution in [-0.4, -0.2) is 43.2 Å². The Hall–Kier alpha value is -0.220. The maximum atomic E-state index is 12.2. The molecule has 0 aliphatic carbocycles. The highest BCUT2D eigenvalue weighted by Crippen LogP contribution is 2.17. The Morgan fingerprint density at radius 1 is 1.46 bits per heavy atom. The smallest absolute Gasteiger partial charge is 0.240 e. The summed E-state index contributed by atoms with van der Waals surface area (Å²) in [5, 5.41) is 0. The van der Waals surface area contributed by atoms with Gasteiger partial charge in [0.1, 0.15) is 0 Å². The van der Waals surface area contributed by atoms with E-state index in [1.807, 2.05) is 13.8 Å². The molecule has 0 aromatic heterocycles. The SMILES string of the molecule is CC(C)N1CCOC[C@H]1CC(F)F. The van der Waals surface area contributed by atoms with Crippen LogP contribution in [0.3, 0.4) is 0 Å². The number of halogens is 2. The zero-order chi connectivity index (χ0) is 9.84. The van der Waals surface area contributed by atoms with Crippen molar-refractivity contribution in [2.45, 2.75) is 38.8 Å². The summed E-state index contributed by atoms with van der Waals surface area (Å²) in [5.41, 5.74) is 0. The second-order valence-electron chi connectivity index (χ2n) is 3.69. The van der Waals surface area contributed by atoms with Crippen LogP contribution in [0.1, 0.15) is 20.3 Å². The number of hydrogen-bond acceptors (Lipinski definition) is 2. The Bertz CT molecular complexity index is 153. The fraction of sp³-hybridized carbons (Fsp3) is 1.00. The molecular formula is C9H17F2NO. The average molecular weight is 193 g/mol. The van der Waals surface area contributed by atoms with Crippen LogP contribution in [0.4, 0.5) is 8.78 Å². The van der Waals surface area contributed by atoms with Crippen LogP contribution >= 0.6 is 0 Å². The topological polar surface area (TPSA) is 12.5 Å². The molecule has 1 saturated heterocycles. The largest absolute Gasteiger partial charge is 0.378 e. The standard InChI is InChI=1S/C9H17F2NO/c1-7(2)12-3-4-13-6-8(12)5-9(10)11/h7-9H,3-6H2,1-2H3/t8-/m1/s1. The highest BCUT2D eigenvalue weighted by Gasteiger charge is 2.27. The van der Waals surface area contributed by atoms with E-state index in [9.17, 15) is 8.78 Å².